The molecule has 0 bridgehead atoms. The number of amides is 1. The van der Waals surface area contributed by atoms with Gasteiger partial charge in [-0.3, -0.25) is 10.1 Å². The fraction of sp³-hybridized carbons (Fsp3) is 0.400. The minimum atomic E-state index is -0.567. The molecule has 1 aromatic carbocycles. The predicted molar refractivity (Wildman–Crippen MR) is 115 cm³/mol. The first-order valence-corrected chi connectivity index (χ1v) is 10.1. The Morgan fingerprint density at radius 3 is 2.44 bits per heavy atom. The Bertz CT molecular complexity index is 992. The number of nitrogens with one attached hydrogen (secondary N) is 1. The Kier molecular flexibility index (Phi) is 7.37. The van der Waals surface area contributed by atoms with Crippen LogP contribution in [-0.2, 0) is 9.47 Å². The van der Waals surface area contributed by atoms with Gasteiger partial charge in [0.15, 0.2) is 0 Å². The van der Waals surface area contributed by atoms with Crippen molar-refractivity contribution < 1.29 is 24.0 Å². The molecule has 0 unspecified atom stereocenters. The van der Waals surface area contributed by atoms with Crippen LogP contribution in [0.25, 0.3) is 0 Å². The van der Waals surface area contributed by atoms with Crippen LogP contribution < -0.4 is 10.2 Å². The maximum atomic E-state index is 12.2. The van der Waals surface area contributed by atoms with Crippen molar-refractivity contribution in [2.24, 2.45) is 0 Å². The molecule has 1 saturated heterocycles. The summed E-state index contributed by atoms with van der Waals surface area (Å²) in [6.45, 7) is 5.26. The topological polar surface area (TPSA) is 140 Å². The van der Waals surface area contributed by atoms with E-state index < -0.39 is 17.0 Å². The number of piperazine rings is 1. The van der Waals surface area contributed by atoms with Gasteiger partial charge in [-0.25, -0.2) is 19.6 Å². The number of benzene rings is 1. The smallest absolute Gasteiger partial charge is 0.409 e. The van der Waals surface area contributed by atoms with E-state index in [0.717, 1.165) is 0 Å². The molecule has 0 saturated carbocycles. The summed E-state index contributed by atoms with van der Waals surface area (Å²) in [4.78, 5) is 46.9. The molecule has 1 fully saturated rings. The minimum absolute atomic E-state index is 0.0513. The van der Waals surface area contributed by atoms with Gasteiger partial charge in [-0.05, 0) is 26.0 Å². The predicted octanol–water partition coefficient (Wildman–Crippen LogP) is 2.58. The fourth-order valence-corrected chi connectivity index (χ4v) is 3.28. The lowest BCUT2D eigenvalue weighted by Crippen LogP contribution is -2.49. The van der Waals surface area contributed by atoms with Crippen molar-refractivity contribution in [3.05, 3.63) is 46.3 Å². The summed E-state index contributed by atoms with van der Waals surface area (Å²) in [5, 5.41) is 14.8. The van der Waals surface area contributed by atoms with Crippen LogP contribution in [-0.4, -0.2) is 71.2 Å². The van der Waals surface area contributed by atoms with E-state index in [1.54, 1.807) is 47.9 Å². The molecule has 2 heterocycles. The second-order valence-corrected chi connectivity index (χ2v) is 6.72. The third-order valence-corrected chi connectivity index (χ3v) is 4.77. The molecule has 32 heavy (non-hydrogen) atoms. The first-order chi connectivity index (χ1) is 15.5. The number of hydrogen-bond donors (Lipinski definition) is 1. The zero-order valence-electron chi connectivity index (χ0n) is 17.8. The summed E-state index contributed by atoms with van der Waals surface area (Å²) < 4.78 is 10.1. The molecule has 1 aliphatic rings. The Morgan fingerprint density at radius 2 is 1.78 bits per heavy atom. The molecular weight excluding hydrogens is 420 g/mol. The first-order valence-electron chi connectivity index (χ1n) is 10.1. The van der Waals surface area contributed by atoms with Crippen molar-refractivity contribution in [1.82, 2.24) is 14.9 Å². The number of hydrogen-bond acceptors (Lipinski definition) is 10. The Balaban J connectivity index is 1.87. The number of ether oxygens (including phenoxy) is 2. The summed E-state index contributed by atoms with van der Waals surface area (Å²) in [5.74, 6) is -0.475. The van der Waals surface area contributed by atoms with Gasteiger partial charge in [0.1, 0.15) is 6.33 Å². The van der Waals surface area contributed by atoms with Crippen LogP contribution in [0.2, 0.25) is 0 Å². The molecule has 1 N–H and O–H groups in total. The van der Waals surface area contributed by atoms with E-state index in [1.165, 1.54) is 6.33 Å². The van der Waals surface area contributed by atoms with Crippen LogP contribution >= 0.6 is 0 Å². The molecule has 1 amide bonds. The van der Waals surface area contributed by atoms with Crippen molar-refractivity contribution >= 4 is 35.1 Å². The highest BCUT2D eigenvalue weighted by molar-refractivity contribution is 5.96. The van der Waals surface area contributed by atoms with Gasteiger partial charge in [0.25, 0.3) is 0 Å². The lowest BCUT2D eigenvalue weighted by molar-refractivity contribution is -0.383. The van der Waals surface area contributed by atoms with Gasteiger partial charge in [0, 0.05) is 26.2 Å². The molecule has 170 valence electrons. The Labute approximate surface area is 184 Å². The van der Waals surface area contributed by atoms with Crippen LogP contribution in [0.5, 0.6) is 0 Å². The summed E-state index contributed by atoms with van der Waals surface area (Å²) in [5.41, 5.74) is 0.230. The number of anilines is 3. The van der Waals surface area contributed by atoms with Gasteiger partial charge in [-0.15, -0.1) is 0 Å². The van der Waals surface area contributed by atoms with Crippen LogP contribution in [0.3, 0.4) is 0 Å². The van der Waals surface area contributed by atoms with Crippen LogP contribution in [0, 0.1) is 10.1 Å². The lowest BCUT2D eigenvalue weighted by Gasteiger charge is -2.34. The average molecular weight is 444 g/mol. The molecule has 1 aliphatic heterocycles. The van der Waals surface area contributed by atoms with E-state index in [1.807, 2.05) is 0 Å². The highest BCUT2D eigenvalue weighted by Crippen LogP contribution is 2.34. The number of nitro groups is 1. The SMILES string of the molecule is CCOC(=O)c1ccccc1Nc1ncnc(N2CCN(C(=O)OCC)CC2)c1[N+](=O)[O-]. The van der Waals surface area contributed by atoms with Crippen LogP contribution in [0.1, 0.15) is 24.2 Å². The maximum absolute atomic E-state index is 12.2. The number of nitrogens with zero attached hydrogens (tertiary/aromatic N) is 5. The van der Waals surface area contributed by atoms with E-state index >= 15 is 0 Å². The van der Waals surface area contributed by atoms with E-state index in [0.29, 0.717) is 31.9 Å². The third kappa shape index (κ3) is 5.02. The van der Waals surface area contributed by atoms with Crippen molar-refractivity contribution in [1.29, 1.82) is 0 Å². The lowest BCUT2D eigenvalue weighted by atomic mass is 10.1. The number of carbonyl (C=O) groups is 2. The zero-order chi connectivity index (χ0) is 23.1. The monoisotopic (exact) mass is 444 g/mol. The zero-order valence-corrected chi connectivity index (χ0v) is 17.8. The van der Waals surface area contributed by atoms with Gasteiger partial charge in [-0.1, -0.05) is 12.1 Å². The number of rotatable bonds is 7. The van der Waals surface area contributed by atoms with Gasteiger partial charge in [0.05, 0.1) is 29.4 Å². The van der Waals surface area contributed by atoms with Gasteiger partial charge in [0.2, 0.25) is 11.6 Å². The number of para-hydroxylation sites is 1. The van der Waals surface area contributed by atoms with E-state index in [9.17, 15) is 19.7 Å². The van der Waals surface area contributed by atoms with Crippen molar-refractivity contribution in [2.75, 3.05) is 49.6 Å². The Hall–Kier alpha value is -3.96. The molecule has 3 rings (SSSR count). The highest BCUT2D eigenvalue weighted by atomic mass is 16.6. The van der Waals surface area contributed by atoms with Gasteiger partial charge in [-0.2, -0.15) is 0 Å². The fourth-order valence-electron chi connectivity index (χ4n) is 3.28. The summed E-state index contributed by atoms with van der Waals surface area (Å²) in [7, 11) is 0. The second kappa shape index (κ2) is 10.4. The molecule has 0 radical (unpaired) electrons. The van der Waals surface area contributed by atoms with E-state index in [2.05, 4.69) is 15.3 Å². The summed E-state index contributed by atoms with van der Waals surface area (Å²) >= 11 is 0. The third-order valence-electron chi connectivity index (χ3n) is 4.77. The largest absolute Gasteiger partial charge is 0.462 e. The second-order valence-electron chi connectivity index (χ2n) is 6.72. The van der Waals surface area contributed by atoms with Gasteiger partial charge >= 0.3 is 17.7 Å². The maximum Gasteiger partial charge on any atom is 0.409 e. The normalized spacial score (nSPS) is 13.4. The molecule has 1 aromatic heterocycles. The van der Waals surface area contributed by atoms with Crippen molar-refractivity contribution in [3.8, 4) is 0 Å². The number of aromatic nitrogens is 2. The average Bonchev–Trinajstić information content (AvgIpc) is 2.79. The number of carbonyl (C=O) groups excluding carboxylic acids is 2. The molecular formula is C20H24N6O6. The summed E-state index contributed by atoms with van der Waals surface area (Å²) in [6.07, 6.45) is 0.803. The molecule has 0 spiro atoms. The molecule has 0 aliphatic carbocycles. The minimum Gasteiger partial charge on any atom is -0.462 e. The quantitative estimate of drug-likeness (QED) is 0.385. The molecule has 12 heteroatoms. The molecule has 2 aromatic rings. The van der Waals surface area contributed by atoms with Crippen molar-refractivity contribution in [3.63, 3.8) is 0 Å². The Morgan fingerprint density at radius 1 is 1.09 bits per heavy atom. The van der Waals surface area contributed by atoms with E-state index in [-0.39, 0.29) is 36.1 Å². The van der Waals surface area contributed by atoms with Gasteiger partial charge < -0.3 is 24.6 Å². The molecule has 0 atom stereocenters. The number of esters is 1. The molecule has 12 nitrogen and oxygen atoms in total. The highest BCUT2D eigenvalue weighted by Gasteiger charge is 2.31. The first kappa shape index (κ1) is 22.7. The van der Waals surface area contributed by atoms with E-state index in [4.69, 9.17) is 9.47 Å². The van der Waals surface area contributed by atoms with Crippen LogP contribution in [0.15, 0.2) is 30.6 Å². The van der Waals surface area contributed by atoms with Crippen molar-refractivity contribution in [2.45, 2.75) is 13.8 Å². The standard InChI is InChI=1S/C20H24N6O6/c1-3-31-19(27)14-7-5-6-8-15(14)23-17-16(26(29)30)18(22-13-21-17)24-9-11-25(12-10-24)20(28)32-4-2/h5-8,13H,3-4,9-12H2,1-2H3,(H,21,22,23). The van der Waals surface area contributed by atoms with Crippen LogP contribution in [0.4, 0.5) is 27.8 Å². The summed E-state index contributed by atoms with van der Waals surface area (Å²) in [6, 6.07) is 6.52.